The quantitative estimate of drug-likeness (QED) is 0.817. The zero-order valence-corrected chi connectivity index (χ0v) is 13.6. The second-order valence-electron chi connectivity index (χ2n) is 4.63. The molecule has 1 N–H and O–H groups in total. The van der Waals surface area contributed by atoms with Gasteiger partial charge in [0.1, 0.15) is 18.2 Å². The van der Waals surface area contributed by atoms with Gasteiger partial charge >= 0.3 is 6.09 Å². The standard InChI is InChI=1S/C17H14BrF2NO2/c18-15-9-13(19)10-16(20)14(15)7-4-8-21-17(22)23-11-12-5-2-1-3-6-12/h1-7,9-10H,8,11H2,(H,21,22). The normalized spacial score (nSPS) is 10.7. The molecule has 0 saturated heterocycles. The first-order valence-electron chi connectivity index (χ1n) is 6.82. The van der Waals surface area contributed by atoms with Crippen molar-refractivity contribution in [2.75, 3.05) is 6.54 Å². The van der Waals surface area contributed by atoms with Crippen molar-refractivity contribution in [2.24, 2.45) is 0 Å². The summed E-state index contributed by atoms with van der Waals surface area (Å²) in [7, 11) is 0. The van der Waals surface area contributed by atoms with Gasteiger partial charge in [-0.25, -0.2) is 13.6 Å². The second-order valence-corrected chi connectivity index (χ2v) is 5.48. The minimum atomic E-state index is -0.681. The Morgan fingerprint density at radius 1 is 1.22 bits per heavy atom. The van der Waals surface area contributed by atoms with E-state index in [9.17, 15) is 13.6 Å². The van der Waals surface area contributed by atoms with Crippen molar-refractivity contribution in [3.63, 3.8) is 0 Å². The first-order valence-corrected chi connectivity index (χ1v) is 7.61. The lowest BCUT2D eigenvalue weighted by molar-refractivity contribution is 0.141. The fraction of sp³-hybridized carbons (Fsp3) is 0.118. The largest absolute Gasteiger partial charge is 0.445 e. The summed E-state index contributed by atoms with van der Waals surface area (Å²) in [6.45, 7) is 0.339. The fourth-order valence-corrected chi connectivity index (χ4v) is 2.35. The van der Waals surface area contributed by atoms with Crippen LogP contribution in [-0.4, -0.2) is 12.6 Å². The zero-order chi connectivity index (χ0) is 16.7. The average Bonchev–Trinajstić information content (AvgIpc) is 2.52. The first-order chi connectivity index (χ1) is 11.1. The summed E-state index contributed by atoms with van der Waals surface area (Å²) in [5, 5.41) is 2.51. The Hall–Kier alpha value is -2.21. The van der Waals surface area contributed by atoms with E-state index in [0.717, 1.165) is 11.6 Å². The van der Waals surface area contributed by atoms with Gasteiger partial charge in [-0.3, -0.25) is 0 Å². The van der Waals surface area contributed by atoms with Crippen LogP contribution in [0.15, 0.2) is 53.0 Å². The maximum Gasteiger partial charge on any atom is 0.407 e. The van der Waals surface area contributed by atoms with E-state index in [1.807, 2.05) is 30.3 Å². The Bertz CT molecular complexity index is 682. The van der Waals surface area contributed by atoms with E-state index in [1.54, 1.807) is 6.08 Å². The van der Waals surface area contributed by atoms with Crippen LogP contribution in [0.2, 0.25) is 0 Å². The van der Waals surface area contributed by atoms with E-state index >= 15 is 0 Å². The van der Waals surface area contributed by atoms with E-state index in [4.69, 9.17) is 4.74 Å². The van der Waals surface area contributed by atoms with Crippen LogP contribution in [-0.2, 0) is 11.3 Å². The fourth-order valence-electron chi connectivity index (χ4n) is 1.81. The minimum Gasteiger partial charge on any atom is -0.445 e. The van der Waals surface area contributed by atoms with Gasteiger partial charge in [-0.2, -0.15) is 0 Å². The van der Waals surface area contributed by atoms with Crippen molar-refractivity contribution in [3.8, 4) is 0 Å². The van der Waals surface area contributed by atoms with Crippen molar-refractivity contribution in [1.82, 2.24) is 5.32 Å². The molecule has 3 nitrogen and oxygen atoms in total. The number of hydrogen-bond acceptors (Lipinski definition) is 2. The highest BCUT2D eigenvalue weighted by Gasteiger charge is 2.06. The maximum absolute atomic E-state index is 13.6. The van der Waals surface area contributed by atoms with E-state index in [1.165, 1.54) is 12.1 Å². The molecule has 2 aromatic rings. The molecule has 2 aromatic carbocycles. The number of benzene rings is 2. The first kappa shape index (κ1) is 17.1. The van der Waals surface area contributed by atoms with Gasteiger partial charge in [0.15, 0.2) is 0 Å². The number of carbonyl (C=O) groups is 1. The molecule has 0 spiro atoms. The topological polar surface area (TPSA) is 38.3 Å². The number of amides is 1. The lowest BCUT2D eigenvalue weighted by Crippen LogP contribution is -2.24. The van der Waals surface area contributed by atoms with Crippen LogP contribution in [0, 0.1) is 11.6 Å². The SMILES string of the molecule is O=C(NCC=Cc1c(F)cc(F)cc1Br)OCc1ccccc1. The molecule has 2 rings (SSSR count). The van der Waals surface area contributed by atoms with Crippen LogP contribution in [0.25, 0.3) is 6.08 Å². The third-order valence-electron chi connectivity index (χ3n) is 2.91. The number of rotatable bonds is 5. The molecular weight excluding hydrogens is 368 g/mol. The van der Waals surface area contributed by atoms with Crippen LogP contribution in [0.5, 0.6) is 0 Å². The molecular formula is C17H14BrF2NO2. The van der Waals surface area contributed by atoms with Gasteiger partial charge in [0, 0.05) is 22.6 Å². The summed E-state index contributed by atoms with van der Waals surface area (Å²) < 4.78 is 31.9. The van der Waals surface area contributed by atoms with Crippen LogP contribution < -0.4 is 5.32 Å². The molecule has 0 heterocycles. The van der Waals surface area contributed by atoms with Gasteiger partial charge < -0.3 is 10.1 Å². The molecule has 0 bridgehead atoms. The van der Waals surface area contributed by atoms with Gasteiger partial charge in [-0.15, -0.1) is 0 Å². The second kappa shape index (κ2) is 8.43. The molecule has 0 radical (unpaired) electrons. The van der Waals surface area contributed by atoms with Gasteiger partial charge in [-0.05, 0) is 27.6 Å². The molecule has 0 saturated carbocycles. The van der Waals surface area contributed by atoms with Crippen LogP contribution >= 0.6 is 15.9 Å². The molecule has 0 fully saturated rings. The number of halogens is 3. The molecule has 120 valence electrons. The molecule has 0 aliphatic carbocycles. The number of carbonyl (C=O) groups excluding carboxylic acids is 1. The van der Waals surface area contributed by atoms with Gasteiger partial charge in [0.25, 0.3) is 0 Å². The molecule has 0 atom stereocenters. The highest BCUT2D eigenvalue weighted by molar-refractivity contribution is 9.10. The summed E-state index contributed by atoms with van der Waals surface area (Å²) in [4.78, 5) is 11.5. The highest BCUT2D eigenvalue weighted by atomic mass is 79.9. The molecule has 0 aliphatic rings. The Morgan fingerprint density at radius 3 is 2.65 bits per heavy atom. The lowest BCUT2D eigenvalue weighted by atomic mass is 10.2. The Labute approximate surface area is 141 Å². The van der Waals surface area contributed by atoms with Crippen molar-refractivity contribution in [1.29, 1.82) is 0 Å². The van der Waals surface area contributed by atoms with E-state index < -0.39 is 17.7 Å². The van der Waals surface area contributed by atoms with Gasteiger partial charge in [0.05, 0.1) is 0 Å². The molecule has 0 aliphatic heterocycles. The summed E-state index contributed by atoms with van der Waals surface area (Å²) in [5.41, 5.74) is 1.10. The van der Waals surface area contributed by atoms with Crippen molar-refractivity contribution < 1.29 is 18.3 Å². The molecule has 1 amide bonds. The van der Waals surface area contributed by atoms with Crippen molar-refractivity contribution in [3.05, 3.63) is 75.8 Å². The monoisotopic (exact) mass is 381 g/mol. The smallest absolute Gasteiger partial charge is 0.407 e. The summed E-state index contributed by atoms with van der Waals surface area (Å²) in [6, 6.07) is 11.3. The number of ether oxygens (including phenoxy) is 1. The molecule has 23 heavy (non-hydrogen) atoms. The zero-order valence-electron chi connectivity index (χ0n) is 12.1. The third-order valence-corrected chi connectivity index (χ3v) is 3.56. The summed E-state index contributed by atoms with van der Waals surface area (Å²) >= 11 is 3.09. The Kier molecular flexibility index (Phi) is 6.29. The van der Waals surface area contributed by atoms with Gasteiger partial charge in [-0.1, -0.05) is 42.5 Å². The number of hydrogen-bond donors (Lipinski definition) is 1. The van der Waals surface area contributed by atoms with Gasteiger partial charge in [0.2, 0.25) is 0 Å². The highest BCUT2D eigenvalue weighted by Crippen LogP contribution is 2.22. The van der Waals surface area contributed by atoms with Crippen LogP contribution in [0.3, 0.4) is 0 Å². The average molecular weight is 382 g/mol. The molecule has 0 unspecified atom stereocenters. The summed E-state index contributed by atoms with van der Waals surface area (Å²) in [6.07, 6.45) is 2.43. The van der Waals surface area contributed by atoms with Crippen molar-refractivity contribution in [2.45, 2.75) is 6.61 Å². The minimum absolute atomic E-state index is 0.164. The predicted molar refractivity (Wildman–Crippen MR) is 87.7 cm³/mol. The summed E-state index contributed by atoms with van der Waals surface area (Å²) in [5.74, 6) is -1.34. The van der Waals surface area contributed by atoms with Crippen LogP contribution in [0.1, 0.15) is 11.1 Å². The lowest BCUT2D eigenvalue weighted by Gasteiger charge is -2.05. The van der Waals surface area contributed by atoms with E-state index in [0.29, 0.717) is 4.47 Å². The number of alkyl carbamates (subject to hydrolysis) is 1. The Morgan fingerprint density at radius 2 is 1.96 bits per heavy atom. The maximum atomic E-state index is 13.6. The third kappa shape index (κ3) is 5.49. The molecule has 0 aromatic heterocycles. The molecule has 6 heteroatoms. The number of nitrogens with one attached hydrogen (secondary N) is 1. The van der Waals surface area contributed by atoms with E-state index in [-0.39, 0.29) is 18.7 Å². The predicted octanol–water partition coefficient (Wildman–Crippen LogP) is 4.67. The van der Waals surface area contributed by atoms with Crippen LogP contribution in [0.4, 0.5) is 13.6 Å². The van der Waals surface area contributed by atoms with E-state index in [2.05, 4.69) is 21.2 Å². The Balaban J connectivity index is 1.79. The van der Waals surface area contributed by atoms with Crippen molar-refractivity contribution >= 4 is 28.1 Å².